The number of nitrogens with two attached hydrogens (primary N) is 1. The summed E-state index contributed by atoms with van der Waals surface area (Å²) in [5, 5.41) is 102. The second-order valence-corrected chi connectivity index (χ2v) is 21.3. The zero-order chi connectivity index (χ0) is 58.3. The van der Waals surface area contributed by atoms with Gasteiger partial charge in [-0.3, -0.25) is 38.4 Å². The van der Waals surface area contributed by atoms with Crippen LogP contribution in [0.25, 0.3) is 0 Å². The molecule has 3 aliphatic rings. The summed E-state index contributed by atoms with van der Waals surface area (Å²) in [7, 11) is 0. The van der Waals surface area contributed by atoms with Crippen LogP contribution in [0.2, 0.25) is 0 Å². The molecule has 4 rings (SSSR count). The maximum atomic E-state index is 14.6. The van der Waals surface area contributed by atoms with Gasteiger partial charge >= 0.3 is 0 Å². The minimum absolute atomic E-state index is 0.0143. The van der Waals surface area contributed by atoms with Gasteiger partial charge in [0.2, 0.25) is 47.3 Å². The average Bonchev–Trinajstić information content (AvgIpc) is 4.00. The summed E-state index contributed by atoms with van der Waals surface area (Å²) in [6, 6.07) is -7.72. The molecule has 3 aliphatic heterocycles. The molecule has 0 spiro atoms. The molecule has 1 aromatic carbocycles. The Morgan fingerprint density at radius 2 is 1.35 bits per heavy atom. The maximum Gasteiger partial charge on any atom is 0.261 e. The molecule has 0 radical (unpaired) electrons. The zero-order valence-electron chi connectivity index (χ0n) is 45.0. The van der Waals surface area contributed by atoms with Gasteiger partial charge in [-0.25, -0.2) is 5.26 Å². The molecular formula is C51H82N8O19S. The Bertz CT molecular complexity index is 2180. The Labute approximate surface area is 463 Å². The highest BCUT2D eigenvalue weighted by Crippen LogP contribution is 2.31. The van der Waals surface area contributed by atoms with Crippen LogP contribution in [0.4, 0.5) is 0 Å². The van der Waals surface area contributed by atoms with E-state index in [1.54, 1.807) is 0 Å². The summed E-state index contributed by atoms with van der Waals surface area (Å²) in [6.45, 7) is 3.26. The second-order valence-electron chi connectivity index (χ2n) is 20.9. The lowest BCUT2D eigenvalue weighted by atomic mass is 9.98. The molecule has 79 heavy (non-hydrogen) atoms. The minimum atomic E-state index is -2.18. The van der Waals surface area contributed by atoms with Crippen LogP contribution >= 0.6 is 12.3 Å². The lowest BCUT2D eigenvalue weighted by Gasteiger charge is -2.33. The number of carbonyl (C=O) groups excluding carboxylic acids is 8. The molecule has 27 nitrogen and oxygen atoms in total. The number of nitrogens with zero attached hydrogens (tertiary/aromatic N) is 2. The monoisotopic (exact) mass is 1140 g/mol. The second kappa shape index (κ2) is 33.4. The molecule has 1 aromatic rings. The summed E-state index contributed by atoms with van der Waals surface area (Å²) in [4.78, 5) is 113. The first-order chi connectivity index (χ1) is 37.6. The molecule has 3 fully saturated rings. The Hall–Kier alpha value is -5.43. The molecule has 8 amide bonds. The number of benzene rings is 1. The number of hydrogen-bond acceptors (Lipinski definition) is 20. The third-order valence-electron chi connectivity index (χ3n) is 14.3. The first kappa shape index (κ1) is 66.1. The Balaban J connectivity index is 1.68. The van der Waals surface area contributed by atoms with Crippen LogP contribution in [0.5, 0.6) is 11.5 Å². The van der Waals surface area contributed by atoms with Crippen LogP contribution in [-0.2, 0) is 54.1 Å². The largest absolute Gasteiger partial charge is 0.504 e. The van der Waals surface area contributed by atoms with Gasteiger partial charge in [0, 0.05) is 51.2 Å². The number of aliphatic hydroxyl groups excluding tert-OH is 6. The predicted molar refractivity (Wildman–Crippen MR) is 281 cm³/mol. The summed E-state index contributed by atoms with van der Waals surface area (Å²) in [6.07, 6.45) is 0.748. The van der Waals surface area contributed by atoms with Gasteiger partial charge in [0.1, 0.15) is 36.3 Å². The van der Waals surface area contributed by atoms with Gasteiger partial charge in [-0.15, -0.1) is 0 Å². The normalized spacial score (nSPS) is 26.9. The van der Waals surface area contributed by atoms with Gasteiger partial charge in [0.15, 0.2) is 11.5 Å². The lowest BCUT2D eigenvalue weighted by Crippen LogP contribution is -2.64. The van der Waals surface area contributed by atoms with Crippen molar-refractivity contribution in [3.63, 3.8) is 0 Å². The van der Waals surface area contributed by atoms with Gasteiger partial charge in [0.05, 0.1) is 43.0 Å². The molecule has 13 atom stereocenters. The number of nitrogens with one attached hydrogen (secondary N) is 5. The van der Waals surface area contributed by atoms with Gasteiger partial charge in [-0.05, 0) is 31.0 Å². The molecule has 0 bridgehead atoms. The maximum absolute atomic E-state index is 14.6. The van der Waals surface area contributed by atoms with E-state index in [9.17, 15) is 74.1 Å². The predicted octanol–water partition coefficient (Wildman–Crippen LogP) is -1.25. The summed E-state index contributed by atoms with van der Waals surface area (Å²) < 4.78 is 9.28. The van der Waals surface area contributed by atoms with E-state index in [-0.39, 0.29) is 36.6 Å². The Morgan fingerprint density at radius 3 is 1.96 bits per heavy atom. The van der Waals surface area contributed by atoms with Gasteiger partial charge in [0.25, 0.3) is 12.3 Å². The number of phenolic OH excluding ortho intramolecular Hbond substituents is 1. The number of fused-ring (bicyclic) bond motifs is 2. The molecular weight excluding hydrogens is 1060 g/mol. The first-order valence-corrected chi connectivity index (χ1v) is 27.8. The van der Waals surface area contributed by atoms with E-state index in [4.69, 9.17) is 15.2 Å². The van der Waals surface area contributed by atoms with E-state index in [1.807, 2.05) is 0 Å². The number of β-amino-alcohol motifs (C(OH)–C–C–N with tert-alkyl or cyclic N) is 1. The van der Waals surface area contributed by atoms with Crippen LogP contribution in [0, 0.1) is 5.92 Å². The van der Waals surface area contributed by atoms with E-state index < -0.39 is 171 Å². The van der Waals surface area contributed by atoms with Crippen molar-refractivity contribution < 1.29 is 92.9 Å². The van der Waals surface area contributed by atoms with E-state index >= 15 is 0 Å². The summed E-state index contributed by atoms with van der Waals surface area (Å²) in [5.74, 6) is -10.4. The number of carbonyl (C=O) groups is 8. The van der Waals surface area contributed by atoms with Crippen molar-refractivity contribution in [2.75, 3.05) is 19.6 Å². The van der Waals surface area contributed by atoms with E-state index in [2.05, 4.69) is 42.9 Å². The number of aliphatic hydroxyl groups is 6. The first-order valence-electron chi connectivity index (χ1n) is 27.2. The molecule has 0 aliphatic carbocycles. The van der Waals surface area contributed by atoms with Crippen molar-refractivity contribution in [2.24, 2.45) is 11.7 Å². The van der Waals surface area contributed by atoms with Crippen LogP contribution in [-0.4, -0.2) is 191 Å². The van der Waals surface area contributed by atoms with Crippen molar-refractivity contribution in [1.29, 1.82) is 0 Å². The molecule has 13 unspecified atom stereocenters. The minimum Gasteiger partial charge on any atom is -0.504 e. The molecule has 0 aromatic heterocycles. The number of aromatic hydroxyl groups is 1. The Kier molecular flexibility index (Phi) is 27.9. The van der Waals surface area contributed by atoms with Crippen LogP contribution in [0.3, 0.4) is 0 Å². The highest BCUT2D eigenvalue weighted by atomic mass is 32.2. The SMILES string of the molecule is CCCCCCCCCCCCCCCC(=O)NC1CC(O)CNC(=O)C2C(O)C(C)CN2C(=O)C(C(O)CC(N)=O)NC(=O)C(C(O)Cc2ccc(O)c(OSOOO)c2)NC(=O)C2CC(O)CN2C(=O)C(C(C)O)NC1=O. The molecule has 28 heteroatoms. The molecule has 15 N–H and O–H groups in total. The van der Waals surface area contributed by atoms with Crippen LogP contribution in [0.1, 0.15) is 135 Å². The number of hydrogen-bond donors (Lipinski definition) is 14. The zero-order valence-corrected chi connectivity index (χ0v) is 45.9. The molecule has 3 heterocycles. The number of unbranched alkanes of at least 4 members (excludes halogenated alkanes) is 12. The molecule has 446 valence electrons. The number of phenols is 1. The van der Waals surface area contributed by atoms with E-state index in [1.165, 1.54) is 57.9 Å². The number of rotatable bonds is 26. The van der Waals surface area contributed by atoms with Crippen molar-refractivity contribution in [2.45, 2.75) is 209 Å². The standard InChI is InChI=1S/C51H82N8O19S/c1-4-5-6-7-8-9-10-11-12-13-14-15-16-17-40(67)54-33-22-31(61)25-53-49(72)44-45(68)28(2)26-59(44)51(74)43(37(65)24-39(52)66)57-48(71)42(36(64)20-30-18-19-35(63)38(21-30)76-79-78-77-75)56-47(70)34-23-32(62)27-58(34)50(73)41(29(3)60)55-46(33)69/h18-19,21,28-29,31-34,36-37,41-45,60-65,68,75H,4-17,20,22-27H2,1-3H3,(H2,52,66)(H,53,72)(H,54,67)(H,55,69)(H,56,70)(H,57,71). The number of primary amides is 1. The summed E-state index contributed by atoms with van der Waals surface area (Å²) in [5.41, 5.74) is 5.49. The van der Waals surface area contributed by atoms with E-state index in [0.29, 0.717) is 6.42 Å². The average molecular weight is 1140 g/mol. The third-order valence-corrected chi connectivity index (χ3v) is 14.7. The summed E-state index contributed by atoms with van der Waals surface area (Å²) >= 11 is 0.0684. The van der Waals surface area contributed by atoms with E-state index in [0.717, 1.165) is 61.0 Å². The van der Waals surface area contributed by atoms with Crippen molar-refractivity contribution in [3.05, 3.63) is 23.8 Å². The van der Waals surface area contributed by atoms with Crippen LogP contribution < -0.4 is 36.5 Å². The van der Waals surface area contributed by atoms with Crippen molar-refractivity contribution in [1.82, 2.24) is 36.4 Å². The highest BCUT2D eigenvalue weighted by molar-refractivity contribution is 7.90. The lowest BCUT2D eigenvalue weighted by molar-refractivity contribution is -0.433. The van der Waals surface area contributed by atoms with Crippen molar-refractivity contribution in [3.8, 4) is 11.5 Å². The number of amides is 8. The Morgan fingerprint density at radius 1 is 0.759 bits per heavy atom. The third kappa shape index (κ3) is 20.6. The van der Waals surface area contributed by atoms with Crippen molar-refractivity contribution >= 4 is 59.6 Å². The molecule has 3 saturated heterocycles. The van der Waals surface area contributed by atoms with Gasteiger partial charge in [-0.2, -0.15) is 0 Å². The fourth-order valence-electron chi connectivity index (χ4n) is 9.99. The van der Waals surface area contributed by atoms with Gasteiger partial charge in [-0.1, -0.05) is 106 Å². The van der Waals surface area contributed by atoms with Gasteiger partial charge < -0.3 is 82.0 Å². The highest BCUT2D eigenvalue weighted by Gasteiger charge is 2.50. The van der Waals surface area contributed by atoms with Crippen LogP contribution in [0.15, 0.2) is 18.2 Å². The smallest absolute Gasteiger partial charge is 0.261 e. The quantitative estimate of drug-likeness (QED) is 0.0223. The fourth-order valence-corrected chi connectivity index (χ4v) is 10.2. The fraction of sp³-hybridized carbons (Fsp3) is 0.725. The molecule has 0 saturated carbocycles. The topological polar surface area (TPSA) is 419 Å².